The molecule has 3 rings (SSSR count). The van der Waals surface area contributed by atoms with Gasteiger partial charge in [-0.15, -0.1) is 0 Å². The zero-order valence-electron chi connectivity index (χ0n) is 10.6. The Morgan fingerprint density at radius 1 is 1.37 bits per heavy atom. The van der Waals surface area contributed by atoms with Crippen molar-refractivity contribution in [3.05, 3.63) is 23.2 Å². The van der Waals surface area contributed by atoms with Crippen LogP contribution in [0.2, 0.25) is 5.15 Å². The molecule has 2 fully saturated rings. The fourth-order valence-corrected chi connectivity index (χ4v) is 2.46. The van der Waals surface area contributed by atoms with Crippen molar-refractivity contribution in [1.82, 2.24) is 14.9 Å². The number of amides is 1. The maximum atomic E-state index is 12.5. The molecule has 1 amide bonds. The van der Waals surface area contributed by atoms with Crippen LogP contribution >= 0.6 is 11.6 Å². The average molecular weight is 282 g/mol. The van der Waals surface area contributed by atoms with Crippen molar-refractivity contribution in [2.45, 2.75) is 25.3 Å². The fraction of sp³-hybridized carbons (Fsp3) is 0.615. The number of nitrogens with zero attached hydrogens (tertiary/aromatic N) is 3. The van der Waals surface area contributed by atoms with E-state index in [-0.39, 0.29) is 5.91 Å². The third kappa shape index (κ3) is 3.04. The maximum absolute atomic E-state index is 12.5. The lowest BCUT2D eigenvalue weighted by molar-refractivity contribution is 0.0700. The van der Waals surface area contributed by atoms with Gasteiger partial charge in [-0.25, -0.2) is 9.97 Å². The summed E-state index contributed by atoms with van der Waals surface area (Å²) < 4.78 is 5.38. The minimum atomic E-state index is -0.0430. The minimum absolute atomic E-state index is 0.0430. The van der Waals surface area contributed by atoms with E-state index in [2.05, 4.69) is 9.97 Å². The molecule has 0 aromatic carbocycles. The summed E-state index contributed by atoms with van der Waals surface area (Å²) in [6.45, 7) is 2.31. The molecule has 1 aromatic heterocycles. The molecule has 1 saturated carbocycles. The Hall–Kier alpha value is -1.20. The first-order chi connectivity index (χ1) is 9.24. The van der Waals surface area contributed by atoms with Crippen LogP contribution in [-0.2, 0) is 4.74 Å². The lowest BCUT2D eigenvalue weighted by Crippen LogP contribution is -2.38. The summed E-state index contributed by atoms with van der Waals surface area (Å²) in [6.07, 6.45) is 6.06. The molecule has 102 valence electrons. The molecule has 19 heavy (non-hydrogen) atoms. The zero-order chi connectivity index (χ0) is 13.2. The standard InChI is InChI=1S/C13H16ClN3O2/c14-12-6-15-11(5-16-12)13(18)17(10-1-2-10)7-9-3-4-19-8-9/h5-6,9-10H,1-4,7-8H2. The van der Waals surface area contributed by atoms with Gasteiger partial charge in [0.1, 0.15) is 10.8 Å². The fourth-order valence-electron chi connectivity index (χ4n) is 2.36. The number of rotatable bonds is 4. The van der Waals surface area contributed by atoms with Crippen LogP contribution in [0, 0.1) is 5.92 Å². The minimum Gasteiger partial charge on any atom is -0.381 e. The van der Waals surface area contributed by atoms with Crippen molar-refractivity contribution < 1.29 is 9.53 Å². The molecule has 2 heterocycles. The second-order valence-corrected chi connectivity index (χ2v) is 5.53. The van der Waals surface area contributed by atoms with E-state index in [1.807, 2.05) is 4.90 Å². The summed E-state index contributed by atoms with van der Waals surface area (Å²) in [5.41, 5.74) is 0.371. The molecule has 1 atom stereocenters. The number of carbonyl (C=O) groups excluding carboxylic acids is 1. The highest BCUT2D eigenvalue weighted by Crippen LogP contribution is 2.30. The summed E-state index contributed by atoms with van der Waals surface area (Å²) >= 11 is 5.69. The number of hydrogen-bond acceptors (Lipinski definition) is 4. The number of carbonyl (C=O) groups is 1. The Balaban J connectivity index is 1.71. The molecular weight excluding hydrogens is 266 g/mol. The van der Waals surface area contributed by atoms with Crippen molar-refractivity contribution in [3.63, 3.8) is 0 Å². The third-order valence-electron chi connectivity index (χ3n) is 3.57. The van der Waals surface area contributed by atoms with Crippen LogP contribution in [0.3, 0.4) is 0 Å². The van der Waals surface area contributed by atoms with Gasteiger partial charge < -0.3 is 9.64 Å². The van der Waals surface area contributed by atoms with Crippen LogP contribution in [0.1, 0.15) is 29.8 Å². The average Bonchev–Trinajstić information content (AvgIpc) is 3.13. The molecule has 1 unspecified atom stereocenters. The van der Waals surface area contributed by atoms with E-state index < -0.39 is 0 Å². The first kappa shape index (κ1) is 12.8. The molecule has 0 radical (unpaired) electrons. The van der Waals surface area contributed by atoms with E-state index in [9.17, 15) is 4.79 Å². The van der Waals surface area contributed by atoms with Crippen molar-refractivity contribution >= 4 is 17.5 Å². The summed E-state index contributed by atoms with van der Waals surface area (Å²) in [5.74, 6) is 0.406. The molecule has 1 aromatic rings. The van der Waals surface area contributed by atoms with Crippen LogP contribution in [0.4, 0.5) is 0 Å². The molecule has 1 aliphatic heterocycles. The zero-order valence-corrected chi connectivity index (χ0v) is 11.3. The van der Waals surface area contributed by atoms with E-state index in [4.69, 9.17) is 16.3 Å². The van der Waals surface area contributed by atoms with E-state index >= 15 is 0 Å². The van der Waals surface area contributed by atoms with Gasteiger partial charge in [-0.3, -0.25) is 4.79 Å². The molecule has 0 spiro atoms. The molecule has 1 saturated heterocycles. The molecular formula is C13H16ClN3O2. The summed E-state index contributed by atoms with van der Waals surface area (Å²) in [5, 5.41) is 0.304. The Morgan fingerprint density at radius 3 is 2.79 bits per heavy atom. The molecule has 1 aliphatic carbocycles. The number of hydrogen-bond donors (Lipinski definition) is 0. The quantitative estimate of drug-likeness (QED) is 0.844. The third-order valence-corrected chi connectivity index (χ3v) is 3.76. The lowest BCUT2D eigenvalue weighted by Gasteiger charge is -2.24. The van der Waals surface area contributed by atoms with E-state index in [0.29, 0.717) is 22.8 Å². The summed E-state index contributed by atoms with van der Waals surface area (Å²) in [7, 11) is 0. The van der Waals surface area contributed by atoms with Gasteiger partial charge in [0.15, 0.2) is 0 Å². The van der Waals surface area contributed by atoms with Crippen molar-refractivity contribution in [2.75, 3.05) is 19.8 Å². The highest BCUT2D eigenvalue weighted by atomic mass is 35.5. The number of halogens is 1. The Kier molecular flexibility index (Phi) is 3.66. The number of ether oxygens (including phenoxy) is 1. The predicted octanol–water partition coefficient (Wildman–Crippen LogP) is 1.77. The van der Waals surface area contributed by atoms with Crippen LogP contribution in [0.25, 0.3) is 0 Å². The first-order valence-electron chi connectivity index (χ1n) is 6.60. The molecule has 5 nitrogen and oxygen atoms in total. The molecule has 0 N–H and O–H groups in total. The normalized spacial score (nSPS) is 22.5. The van der Waals surface area contributed by atoms with Gasteiger partial charge in [0.25, 0.3) is 5.91 Å². The van der Waals surface area contributed by atoms with Crippen molar-refractivity contribution in [1.29, 1.82) is 0 Å². The van der Waals surface area contributed by atoms with Crippen LogP contribution in [0.5, 0.6) is 0 Å². The van der Waals surface area contributed by atoms with Gasteiger partial charge >= 0.3 is 0 Å². The Labute approximate surface area is 116 Å². The topological polar surface area (TPSA) is 55.3 Å². The maximum Gasteiger partial charge on any atom is 0.274 e. The van der Waals surface area contributed by atoms with Gasteiger partial charge in [0.05, 0.1) is 19.0 Å². The van der Waals surface area contributed by atoms with E-state index in [0.717, 1.165) is 39.0 Å². The SMILES string of the molecule is O=C(c1cnc(Cl)cn1)N(CC1CCOC1)C1CC1. The molecule has 0 bridgehead atoms. The molecule has 6 heteroatoms. The van der Waals surface area contributed by atoms with Crippen LogP contribution < -0.4 is 0 Å². The van der Waals surface area contributed by atoms with Crippen LogP contribution in [-0.4, -0.2) is 46.6 Å². The molecule has 2 aliphatic rings. The predicted molar refractivity (Wildman–Crippen MR) is 70.0 cm³/mol. The largest absolute Gasteiger partial charge is 0.381 e. The Bertz CT molecular complexity index is 455. The van der Waals surface area contributed by atoms with Gasteiger partial charge in [-0.2, -0.15) is 0 Å². The number of aromatic nitrogens is 2. The second kappa shape index (κ2) is 5.43. The Morgan fingerprint density at radius 2 is 2.21 bits per heavy atom. The highest BCUT2D eigenvalue weighted by molar-refractivity contribution is 6.29. The lowest BCUT2D eigenvalue weighted by atomic mass is 10.1. The van der Waals surface area contributed by atoms with E-state index in [1.165, 1.54) is 12.4 Å². The van der Waals surface area contributed by atoms with E-state index in [1.54, 1.807) is 0 Å². The van der Waals surface area contributed by atoms with Gasteiger partial charge in [0.2, 0.25) is 0 Å². The van der Waals surface area contributed by atoms with Gasteiger partial charge in [0, 0.05) is 25.1 Å². The monoisotopic (exact) mass is 281 g/mol. The highest BCUT2D eigenvalue weighted by Gasteiger charge is 2.35. The smallest absolute Gasteiger partial charge is 0.274 e. The summed E-state index contributed by atoms with van der Waals surface area (Å²) in [4.78, 5) is 22.4. The second-order valence-electron chi connectivity index (χ2n) is 5.14. The van der Waals surface area contributed by atoms with Crippen molar-refractivity contribution in [2.24, 2.45) is 5.92 Å². The van der Waals surface area contributed by atoms with Gasteiger partial charge in [-0.05, 0) is 19.3 Å². The van der Waals surface area contributed by atoms with Crippen molar-refractivity contribution in [3.8, 4) is 0 Å². The summed E-state index contributed by atoms with van der Waals surface area (Å²) in [6, 6.07) is 0.366. The van der Waals surface area contributed by atoms with Gasteiger partial charge in [-0.1, -0.05) is 11.6 Å². The van der Waals surface area contributed by atoms with Crippen LogP contribution in [0.15, 0.2) is 12.4 Å². The first-order valence-corrected chi connectivity index (χ1v) is 6.98.